The highest BCUT2D eigenvalue weighted by Crippen LogP contribution is 1.91. The molecule has 1 atom stereocenters. The minimum Gasteiger partial charge on any atom is -0.392 e. The number of hydrogen-bond donors (Lipinski definition) is 2. The molecule has 0 aromatic carbocycles. The van der Waals surface area contributed by atoms with Gasteiger partial charge in [-0.3, -0.25) is 0 Å². The van der Waals surface area contributed by atoms with Crippen LogP contribution in [0.15, 0.2) is 0 Å². The number of rotatable bonds is 3. The molecule has 0 spiro atoms. The van der Waals surface area contributed by atoms with Crippen LogP contribution in [-0.4, -0.2) is 17.8 Å². The fraction of sp³-hybridized carbons (Fsp3) is 1.00. The van der Waals surface area contributed by atoms with Crippen molar-refractivity contribution < 1.29 is 5.11 Å². The lowest BCUT2D eigenvalue weighted by Crippen LogP contribution is -2.18. The Morgan fingerprint density at radius 3 is 2.43 bits per heavy atom. The maximum atomic E-state index is 8.73. The van der Waals surface area contributed by atoms with E-state index in [0.717, 1.165) is 12.8 Å². The second-order valence-corrected chi connectivity index (χ2v) is 1.68. The average Bonchev–Trinajstić information content (AvgIpc) is 1.68. The van der Waals surface area contributed by atoms with Gasteiger partial charge in [-0.25, -0.2) is 0 Å². The van der Waals surface area contributed by atoms with E-state index in [2.05, 4.69) is 0 Å². The van der Waals surface area contributed by atoms with E-state index in [9.17, 15) is 0 Å². The molecule has 0 aliphatic rings. The zero-order chi connectivity index (χ0) is 5.70. The van der Waals surface area contributed by atoms with Crippen molar-refractivity contribution in [2.45, 2.75) is 25.9 Å². The summed E-state index contributed by atoms with van der Waals surface area (Å²) >= 11 is 0. The molecule has 2 nitrogen and oxygen atoms in total. The summed E-state index contributed by atoms with van der Waals surface area (Å²) < 4.78 is 0. The molecule has 0 fully saturated rings. The molecule has 2 heteroatoms. The van der Waals surface area contributed by atoms with Gasteiger partial charge in [-0.05, 0) is 6.42 Å². The summed E-state index contributed by atoms with van der Waals surface area (Å²) in [6, 6.07) is 0. The monoisotopic (exact) mass is 103 g/mol. The highest BCUT2D eigenvalue weighted by Gasteiger charge is 1.94. The van der Waals surface area contributed by atoms with Crippen LogP contribution in [-0.2, 0) is 0 Å². The van der Waals surface area contributed by atoms with Crippen LogP contribution < -0.4 is 5.73 Å². The molecule has 0 heterocycles. The molecule has 0 saturated heterocycles. The molecule has 0 unspecified atom stereocenters. The second kappa shape index (κ2) is 4.09. The highest BCUT2D eigenvalue weighted by atomic mass is 16.3. The van der Waals surface area contributed by atoms with Crippen LogP contribution in [0.3, 0.4) is 0 Å². The SMILES string of the molecule is CCC[C@H](O)CN. The Kier molecular flexibility index (Phi) is 4.04. The van der Waals surface area contributed by atoms with Gasteiger partial charge in [0.05, 0.1) is 6.10 Å². The molecule has 0 radical (unpaired) electrons. The standard InChI is InChI=1S/C5H13NO/c1-2-3-5(7)4-6/h5,7H,2-4,6H2,1H3/t5-/m0/s1. The second-order valence-electron chi connectivity index (χ2n) is 1.68. The summed E-state index contributed by atoms with van der Waals surface area (Å²) in [5.74, 6) is 0. The van der Waals surface area contributed by atoms with Crippen LogP contribution in [0, 0.1) is 0 Å². The van der Waals surface area contributed by atoms with Crippen LogP contribution in [0.4, 0.5) is 0 Å². The topological polar surface area (TPSA) is 46.2 Å². The van der Waals surface area contributed by atoms with Gasteiger partial charge in [0.2, 0.25) is 0 Å². The molecule has 0 rings (SSSR count). The molecule has 3 N–H and O–H groups in total. The Balaban J connectivity index is 2.83. The lowest BCUT2D eigenvalue weighted by atomic mass is 10.2. The first-order valence-corrected chi connectivity index (χ1v) is 2.69. The molecule has 7 heavy (non-hydrogen) atoms. The van der Waals surface area contributed by atoms with E-state index in [1.54, 1.807) is 0 Å². The zero-order valence-corrected chi connectivity index (χ0v) is 4.72. The molecular formula is C5H13NO. The third kappa shape index (κ3) is 3.76. The largest absolute Gasteiger partial charge is 0.392 e. The van der Waals surface area contributed by atoms with Gasteiger partial charge in [-0.2, -0.15) is 0 Å². The van der Waals surface area contributed by atoms with Crippen molar-refractivity contribution in [2.75, 3.05) is 6.54 Å². The zero-order valence-electron chi connectivity index (χ0n) is 4.72. The maximum Gasteiger partial charge on any atom is 0.0662 e. The first kappa shape index (κ1) is 6.92. The lowest BCUT2D eigenvalue weighted by molar-refractivity contribution is 0.172. The highest BCUT2D eigenvalue weighted by molar-refractivity contribution is 4.51. The van der Waals surface area contributed by atoms with Gasteiger partial charge in [0.15, 0.2) is 0 Å². The summed E-state index contributed by atoms with van der Waals surface area (Å²) in [7, 11) is 0. The molecule has 44 valence electrons. The number of hydrogen-bond acceptors (Lipinski definition) is 2. The fourth-order valence-electron chi connectivity index (χ4n) is 0.451. The van der Waals surface area contributed by atoms with Crippen molar-refractivity contribution in [3.8, 4) is 0 Å². The average molecular weight is 103 g/mol. The summed E-state index contributed by atoms with van der Waals surface area (Å²) in [6.45, 7) is 2.42. The molecule has 0 bridgehead atoms. The first-order valence-electron chi connectivity index (χ1n) is 2.69. The van der Waals surface area contributed by atoms with Crippen LogP contribution in [0.1, 0.15) is 19.8 Å². The van der Waals surface area contributed by atoms with E-state index in [0.29, 0.717) is 6.54 Å². The summed E-state index contributed by atoms with van der Waals surface area (Å²) in [6.07, 6.45) is 1.57. The Morgan fingerprint density at radius 1 is 1.71 bits per heavy atom. The predicted octanol–water partition coefficient (Wildman–Crippen LogP) is 0.106. The molecular weight excluding hydrogens is 90.1 g/mol. The molecule has 0 aromatic rings. The smallest absolute Gasteiger partial charge is 0.0662 e. The Morgan fingerprint density at radius 2 is 2.29 bits per heavy atom. The van der Waals surface area contributed by atoms with Gasteiger partial charge in [0, 0.05) is 6.54 Å². The Labute approximate surface area is 44.3 Å². The summed E-state index contributed by atoms with van der Waals surface area (Å²) in [5, 5.41) is 8.73. The van der Waals surface area contributed by atoms with Crippen molar-refractivity contribution in [3.63, 3.8) is 0 Å². The van der Waals surface area contributed by atoms with Crippen LogP contribution in [0.2, 0.25) is 0 Å². The van der Waals surface area contributed by atoms with Crippen molar-refractivity contribution >= 4 is 0 Å². The third-order valence-electron chi connectivity index (χ3n) is 0.894. The van der Waals surface area contributed by atoms with Crippen LogP contribution in [0.5, 0.6) is 0 Å². The fourth-order valence-corrected chi connectivity index (χ4v) is 0.451. The van der Waals surface area contributed by atoms with Gasteiger partial charge in [-0.1, -0.05) is 13.3 Å². The minimum atomic E-state index is -0.273. The molecule has 0 amide bonds. The molecule has 0 aliphatic carbocycles. The van der Waals surface area contributed by atoms with Crippen LogP contribution in [0.25, 0.3) is 0 Å². The van der Waals surface area contributed by atoms with E-state index < -0.39 is 0 Å². The van der Waals surface area contributed by atoms with E-state index in [-0.39, 0.29) is 6.10 Å². The van der Waals surface area contributed by atoms with Gasteiger partial charge >= 0.3 is 0 Å². The lowest BCUT2D eigenvalue weighted by Gasteiger charge is -2.01. The molecule has 0 saturated carbocycles. The Hall–Kier alpha value is -0.0800. The van der Waals surface area contributed by atoms with Crippen molar-refractivity contribution in [2.24, 2.45) is 5.73 Å². The van der Waals surface area contributed by atoms with E-state index in [1.807, 2.05) is 6.92 Å². The quantitative estimate of drug-likeness (QED) is 0.532. The van der Waals surface area contributed by atoms with Crippen molar-refractivity contribution in [1.82, 2.24) is 0 Å². The third-order valence-corrected chi connectivity index (χ3v) is 0.894. The minimum absolute atomic E-state index is 0.273. The normalized spacial score (nSPS) is 14.1. The van der Waals surface area contributed by atoms with E-state index >= 15 is 0 Å². The predicted molar refractivity (Wildman–Crippen MR) is 30.0 cm³/mol. The van der Waals surface area contributed by atoms with Crippen molar-refractivity contribution in [1.29, 1.82) is 0 Å². The molecule has 0 aromatic heterocycles. The first-order chi connectivity index (χ1) is 3.31. The van der Waals surface area contributed by atoms with E-state index in [4.69, 9.17) is 10.8 Å². The number of nitrogens with two attached hydrogens (primary N) is 1. The van der Waals surface area contributed by atoms with Gasteiger partial charge < -0.3 is 10.8 Å². The number of aliphatic hydroxyl groups is 1. The molecule has 0 aliphatic heterocycles. The van der Waals surface area contributed by atoms with Gasteiger partial charge in [0.25, 0.3) is 0 Å². The summed E-state index contributed by atoms with van der Waals surface area (Å²) in [5.41, 5.74) is 5.11. The van der Waals surface area contributed by atoms with Crippen molar-refractivity contribution in [3.05, 3.63) is 0 Å². The van der Waals surface area contributed by atoms with Gasteiger partial charge in [-0.15, -0.1) is 0 Å². The maximum absolute atomic E-state index is 8.73. The van der Waals surface area contributed by atoms with E-state index in [1.165, 1.54) is 0 Å². The number of aliphatic hydroxyl groups excluding tert-OH is 1. The Bertz CT molecular complexity index is 39.1. The van der Waals surface area contributed by atoms with Gasteiger partial charge in [0.1, 0.15) is 0 Å². The summed E-state index contributed by atoms with van der Waals surface area (Å²) in [4.78, 5) is 0. The van der Waals surface area contributed by atoms with Crippen LogP contribution >= 0.6 is 0 Å².